The molecule has 0 aliphatic carbocycles. The largest absolute Gasteiger partial charge is 1.00 e. The van der Waals surface area contributed by atoms with Crippen LogP contribution < -0.4 is 51.4 Å². The zero-order valence-corrected chi connectivity index (χ0v) is 9.68. The molecule has 0 amide bonds. The van der Waals surface area contributed by atoms with Crippen molar-refractivity contribution in [2.24, 2.45) is 0 Å². The molecule has 0 fully saturated rings. The third kappa shape index (κ3) is 33.2. The Hall–Kier alpha value is 2.33. The summed E-state index contributed by atoms with van der Waals surface area (Å²) < 4.78 is 0.803. The van der Waals surface area contributed by atoms with E-state index in [4.69, 9.17) is 0 Å². The minimum Gasteiger partial charge on any atom is -0.870 e. The Morgan fingerprint density at radius 2 is 1.33 bits per heavy atom. The first kappa shape index (κ1) is 15.8. The summed E-state index contributed by atoms with van der Waals surface area (Å²) in [6.45, 7) is 4.31. The smallest absolute Gasteiger partial charge is 0.870 e. The molecule has 0 rings (SSSR count). The standard InChI is InChI=1S/C3H7I.K.H2O/c1-3(2)4;;/h3H,1-2H3;;1H2/q;+1;/p-1. The molecular formula is C3H8IKO. The van der Waals surface area contributed by atoms with Crippen molar-refractivity contribution in [2.75, 3.05) is 0 Å². The average molecular weight is 226 g/mol. The van der Waals surface area contributed by atoms with Crippen molar-refractivity contribution in [1.82, 2.24) is 0 Å². The number of alkyl halides is 1. The molecule has 0 radical (unpaired) electrons. The first-order chi connectivity index (χ1) is 1.73. The minimum absolute atomic E-state index is 0. The molecule has 0 atom stereocenters. The molecule has 0 aliphatic rings. The molecule has 0 aromatic heterocycles. The van der Waals surface area contributed by atoms with Crippen LogP contribution in [0.1, 0.15) is 13.8 Å². The SMILES string of the molecule is CC(C)I.[K+].[OH-]. The molecule has 34 valence electrons. The Labute approximate surface area is 95.1 Å². The fourth-order valence-electron chi connectivity index (χ4n) is 0. The fraction of sp³-hybridized carbons (Fsp3) is 1.00. The summed E-state index contributed by atoms with van der Waals surface area (Å²) >= 11 is 2.34. The van der Waals surface area contributed by atoms with Gasteiger partial charge in [0.15, 0.2) is 0 Å². The second kappa shape index (κ2) is 10.3. The zero-order valence-electron chi connectivity index (χ0n) is 4.40. The van der Waals surface area contributed by atoms with Gasteiger partial charge in [0, 0.05) is 3.92 Å². The molecule has 0 saturated heterocycles. The van der Waals surface area contributed by atoms with Crippen LogP contribution >= 0.6 is 22.6 Å². The van der Waals surface area contributed by atoms with Gasteiger partial charge in [0.25, 0.3) is 0 Å². The van der Waals surface area contributed by atoms with Crippen LogP contribution in [-0.4, -0.2) is 9.40 Å². The van der Waals surface area contributed by atoms with Crippen LogP contribution in [0.4, 0.5) is 0 Å². The van der Waals surface area contributed by atoms with E-state index in [0.29, 0.717) is 0 Å². The minimum atomic E-state index is 0. The van der Waals surface area contributed by atoms with Crippen LogP contribution in [0.3, 0.4) is 0 Å². The second-order valence-electron chi connectivity index (χ2n) is 1.01. The van der Waals surface area contributed by atoms with E-state index >= 15 is 0 Å². The maximum Gasteiger partial charge on any atom is 1.00 e. The van der Waals surface area contributed by atoms with Gasteiger partial charge in [-0.15, -0.1) is 0 Å². The van der Waals surface area contributed by atoms with E-state index in [9.17, 15) is 0 Å². The predicted molar refractivity (Wildman–Crippen MR) is 31.1 cm³/mol. The first-order valence-electron chi connectivity index (χ1n) is 1.37. The summed E-state index contributed by atoms with van der Waals surface area (Å²) in [6.07, 6.45) is 0. The quantitative estimate of drug-likeness (QED) is 0.285. The summed E-state index contributed by atoms with van der Waals surface area (Å²) in [6, 6.07) is 0. The van der Waals surface area contributed by atoms with E-state index in [1.54, 1.807) is 0 Å². The van der Waals surface area contributed by atoms with Crippen LogP contribution in [-0.2, 0) is 0 Å². The van der Waals surface area contributed by atoms with E-state index in [1.807, 2.05) is 0 Å². The van der Waals surface area contributed by atoms with E-state index in [2.05, 4.69) is 36.4 Å². The maximum absolute atomic E-state index is 2.34. The van der Waals surface area contributed by atoms with E-state index in [0.717, 1.165) is 3.92 Å². The van der Waals surface area contributed by atoms with Crippen molar-refractivity contribution in [2.45, 2.75) is 17.8 Å². The molecule has 1 nitrogen and oxygen atoms in total. The van der Waals surface area contributed by atoms with Gasteiger partial charge in [-0.3, -0.25) is 0 Å². The molecule has 3 heteroatoms. The molecule has 0 bridgehead atoms. The third-order valence-electron chi connectivity index (χ3n) is 0. The van der Waals surface area contributed by atoms with Crippen molar-refractivity contribution < 1.29 is 56.9 Å². The summed E-state index contributed by atoms with van der Waals surface area (Å²) in [5, 5.41) is 0. The van der Waals surface area contributed by atoms with Gasteiger partial charge in [-0.25, -0.2) is 0 Å². The molecule has 0 saturated carbocycles. The summed E-state index contributed by atoms with van der Waals surface area (Å²) in [5.41, 5.74) is 0. The van der Waals surface area contributed by atoms with Gasteiger partial charge < -0.3 is 5.48 Å². The molecule has 0 aromatic rings. The second-order valence-corrected chi connectivity index (χ2v) is 3.51. The van der Waals surface area contributed by atoms with Crippen molar-refractivity contribution in [3.05, 3.63) is 0 Å². The summed E-state index contributed by atoms with van der Waals surface area (Å²) in [4.78, 5) is 0. The van der Waals surface area contributed by atoms with Crippen molar-refractivity contribution in [3.8, 4) is 0 Å². The zero-order chi connectivity index (χ0) is 3.58. The van der Waals surface area contributed by atoms with Gasteiger partial charge in [0.1, 0.15) is 0 Å². The van der Waals surface area contributed by atoms with Crippen molar-refractivity contribution >= 4 is 22.6 Å². The van der Waals surface area contributed by atoms with Crippen LogP contribution in [0.5, 0.6) is 0 Å². The monoisotopic (exact) mass is 226 g/mol. The average Bonchev–Trinajstić information content (AvgIpc) is 0.811. The van der Waals surface area contributed by atoms with Gasteiger partial charge in [0.2, 0.25) is 0 Å². The normalized spacial score (nSPS) is 6.00. The molecule has 6 heavy (non-hydrogen) atoms. The van der Waals surface area contributed by atoms with Crippen LogP contribution in [0.15, 0.2) is 0 Å². The van der Waals surface area contributed by atoms with Crippen molar-refractivity contribution in [1.29, 1.82) is 0 Å². The van der Waals surface area contributed by atoms with Crippen LogP contribution in [0.2, 0.25) is 0 Å². The van der Waals surface area contributed by atoms with Gasteiger partial charge in [0.05, 0.1) is 0 Å². The molecule has 0 unspecified atom stereocenters. The van der Waals surface area contributed by atoms with E-state index < -0.39 is 0 Å². The van der Waals surface area contributed by atoms with Gasteiger partial charge in [-0.05, 0) is 0 Å². The van der Waals surface area contributed by atoms with Crippen LogP contribution in [0, 0.1) is 0 Å². The maximum atomic E-state index is 2.34. The topological polar surface area (TPSA) is 30.0 Å². The number of hydrogen-bond acceptors (Lipinski definition) is 1. The summed E-state index contributed by atoms with van der Waals surface area (Å²) in [7, 11) is 0. The Morgan fingerprint density at radius 1 is 1.33 bits per heavy atom. The molecule has 0 aromatic carbocycles. The number of halogens is 1. The molecule has 0 heterocycles. The Bertz CT molecular complexity index is 15.5. The first-order valence-corrected chi connectivity index (χ1v) is 2.62. The van der Waals surface area contributed by atoms with Gasteiger partial charge in [-0.2, -0.15) is 0 Å². The van der Waals surface area contributed by atoms with Gasteiger partial charge in [-0.1, -0.05) is 36.4 Å². The Balaban J connectivity index is -0.0000000450. The van der Waals surface area contributed by atoms with E-state index in [-0.39, 0.29) is 56.9 Å². The number of hydrogen-bond donors (Lipinski definition) is 0. The Morgan fingerprint density at radius 3 is 1.33 bits per heavy atom. The number of rotatable bonds is 0. The Kier molecular flexibility index (Phi) is 27.1. The van der Waals surface area contributed by atoms with Crippen LogP contribution in [0.25, 0.3) is 0 Å². The third-order valence-corrected chi connectivity index (χ3v) is 0. The molecular weight excluding hydrogens is 218 g/mol. The fourth-order valence-corrected chi connectivity index (χ4v) is 0. The molecule has 0 aliphatic heterocycles. The van der Waals surface area contributed by atoms with Gasteiger partial charge >= 0.3 is 51.4 Å². The van der Waals surface area contributed by atoms with Crippen molar-refractivity contribution in [3.63, 3.8) is 0 Å². The molecule has 0 spiro atoms. The summed E-state index contributed by atoms with van der Waals surface area (Å²) in [5.74, 6) is 0. The van der Waals surface area contributed by atoms with E-state index in [1.165, 1.54) is 0 Å². The predicted octanol–water partition coefficient (Wildman–Crippen LogP) is -1.34. The molecule has 1 N–H and O–H groups in total.